The van der Waals surface area contributed by atoms with Crippen LogP contribution in [0.3, 0.4) is 0 Å². The van der Waals surface area contributed by atoms with Gasteiger partial charge in [0.2, 0.25) is 0 Å². The van der Waals surface area contributed by atoms with Gasteiger partial charge in [-0.05, 0) is 54.4 Å². The van der Waals surface area contributed by atoms with E-state index in [4.69, 9.17) is 18.0 Å². The van der Waals surface area contributed by atoms with Gasteiger partial charge in [-0.25, -0.2) is 0 Å². The first kappa shape index (κ1) is 22.9. The number of benzene rings is 2. The first-order valence-corrected chi connectivity index (χ1v) is 8.76. The lowest BCUT2D eigenvalue weighted by atomic mass is 10.0. The fourth-order valence-electron chi connectivity index (χ4n) is 3.19. The molecule has 2 aromatic rings. The van der Waals surface area contributed by atoms with Crippen LogP contribution in [-0.2, 0) is 17.6 Å². The van der Waals surface area contributed by atoms with Gasteiger partial charge < -0.3 is 33.8 Å². The van der Waals surface area contributed by atoms with Crippen LogP contribution in [0.15, 0.2) is 42.5 Å². The van der Waals surface area contributed by atoms with Crippen LogP contribution < -0.4 is 33.3 Å². The van der Waals surface area contributed by atoms with Crippen molar-refractivity contribution in [1.82, 2.24) is 0 Å². The summed E-state index contributed by atoms with van der Waals surface area (Å²) in [6.07, 6.45) is 1.79. The Kier molecular flexibility index (Phi) is 8.18. The molecule has 2 aromatic carbocycles. The zero-order chi connectivity index (χ0) is 18.0. The molecule has 27 heavy (non-hydrogen) atoms. The quantitative estimate of drug-likeness (QED) is 0.487. The number of quaternary nitrogens is 1. The zero-order valence-corrected chi connectivity index (χ0v) is 17.0. The summed E-state index contributed by atoms with van der Waals surface area (Å²) in [6, 6.07) is 14.1. The summed E-state index contributed by atoms with van der Waals surface area (Å²) in [4.78, 5) is 16.0. The molecule has 146 valence electrons. The van der Waals surface area contributed by atoms with Crippen molar-refractivity contribution in [2.45, 2.75) is 12.8 Å². The second kappa shape index (κ2) is 9.66. The number of para-hydroxylation sites is 1. The van der Waals surface area contributed by atoms with Crippen LogP contribution in [0.4, 0.5) is 17.1 Å². The van der Waals surface area contributed by atoms with Gasteiger partial charge in [-0.1, -0.05) is 24.3 Å². The molecule has 0 spiro atoms. The van der Waals surface area contributed by atoms with Crippen molar-refractivity contribution in [2.75, 3.05) is 30.9 Å². The van der Waals surface area contributed by atoms with Gasteiger partial charge in [-0.3, -0.25) is 9.69 Å². The maximum absolute atomic E-state index is 13.1. The molecule has 6 N–H and O–H groups in total. The Balaban J connectivity index is 0.00000182. The predicted molar refractivity (Wildman–Crippen MR) is 109 cm³/mol. The number of aryl methyl sites for hydroxylation is 2. The molecule has 1 heterocycles. The van der Waals surface area contributed by atoms with Crippen molar-refractivity contribution in [3.05, 3.63) is 53.6 Å². The number of fused-ring (bicyclic) bond motifs is 2. The number of nitrogens with zero attached hydrogens (tertiary/aromatic N) is 1. The fourth-order valence-corrected chi connectivity index (χ4v) is 3.31. The number of hydrogen-bond donors (Lipinski definition) is 3. The highest BCUT2D eigenvalue weighted by Gasteiger charge is 2.27. The summed E-state index contributed by atoms with van der Waals surface area (Å²) in [5.74, 6) is 0.0723. The number of nitrogens with one attached hydrogen (secondary N) is 2. The summed E-state index contributed by atoms with van der Waals surface area (Å²) < 4.78 is 0. The third-order valence-corrected chi connectivity index (χ3v) is 4.35. The third-order valence-electron chi connectivity index (χ3n) is 4.24. The van der Waals surface area contributed by atoms with E-state index in [0.29, 0.717) is 6.54 Å². The Morgan fingerprint density at radius 1 is 1.15 bits per heavy atom. The molecule has 8 heteroatoms. The SMILES string of the molecule is C[NH+](C)CC(=O)N1c2ccccc2CCc2ccc(NC(N)=S)cc21.O.[Cl-]. The molecule has 6 nitrogen and oxygen atoms in total. The fraction of sp³-hybridized carbons (Fsp3) is 0.263. The van der Waals surface area contributed by atoms with E-state index in [2.05, 4.69) is 11.4 Å². The molecular formula is C19H25ClN4O2S. The van der Waals surface area contributed by atoms with Crippen molar-refractivity contribution in [3.8, 4) is 0 Å². The average Bonchev–Trinajstić information content (AvgIpc) is 2.70. The number of nitrogens with two attached hydrogens (primary N) is 1. The topological polar surface area (TPSA) is 94.3 Å². The molecular weight excluding hydrogens is 384 g/mol. The van der Waals surface area contributed by atoms with E-state index in [-0.39, 0.29) is 28.9 Å². The summed E-state index contributed by atoms with van der Waals surface area (Å²) in [6.45, 7) is 0.417. The third kappa shape index (κ3) is 5.17. The van der Waals surface area contributed by atoms with E-state index in [1.807, 2.05) is 55.4 Å². The van der Waals surface area contributed by atoms with Gasteiger partial charge in [0.05, 0.1) is 25.5 Å². The minimum Gasteiger partial charge on any atom is -1.00 e. The molecule has 3 rings (SSSR count). The van der Waals surface area contributed by atoms with Gasteiger partial charge in [0, 0.05) is 5.69 Å². The first-order chi connectivity index (χ1) is 12.0. The second-order valence-electron chi connectivity index (χ2n) is 6.57. The lowest BCUT2D eigenvalue weighted by Crippen LogP contribution is -3.07. The maximum Gasteiger partial charge on any atom is 0.286 e. The summed E-state index contributed by atoms with van der Waals surface area (Å²) in [7, 11) is 3.96. The molecule has 0 bridgehead atoms. The van der Waals surface area contributed by atoms with Gasteiger partial charge >= 0.3 is 0 Å². The summed E-state index contributed by atoms with van der Waals surface area (Å²) in [5.41, 5.74) is 10.6. The van der Waals surface area contributed by atoms with E-state index >= 15 is 0 Å². The lowest BCUT2D eigenvalue weighted by molar-refractivity contribution is -0.849. The van der Waals surface area contributed by atoms with Crippen LogP contribution in [0.1, 0.15) is 11.1 Å². The molecule has 0 unspecified atom stereocenters. The predicted octanol–water partition coefficient (Wildman–Crippen LogP) is -2.57. The Morgan fingerprint density at radius 2 is 1.78 bits per heavy atom. The van der Waals surface area contributed by atoms with Crippen LogP contribution in [0, 0.1) is 0 Å². The van der Waals surface area contributed by atoms with Crippen molar-refractivity contribution in [3.63, 3.8) is 0 Å². The van der Waals surface area contributed by atoms with E-state index in [0.717, 1.165) is 40.4 Å². The zero-order valence-electron chi connectivity index (χ0n) is 15.4. The molecule has 1 aliphatic heterocycles. The highest BCUT2D eigenvalue weighted by Crippen LogP contribution is 2.37. The number of anilines is 3. The lowest BCUT2D eigenvalue weighted by Gasteiger charge is -2.26. The van der Waals surface area contributed by atoms with Gasteiger partial charge in [-0.2, -0.15) is 0 Å². The molecule has 0 fully saturated rings. The number of thiocarbonyl (C=S) groups is 1. The van der Waals surface area contributed by atoms with Crippen LogP contribution in [0.5, 0.6) is 0 Å². The molecule has 0 atom stereocenters. The van der Waals surface area contributed by atoms with Gasteiger partial charge in [0.15, 0.2) is 11.7 Å². The summed E-state index contributed by atoms with van der Waals surface area (Å²) in [5, 5.41) is 3.18. The van der Waals surface area contributed by atoms with Crippen LogP contribution in [-0.4, -0.2) is 37.1 Å². The van der Waals surface area contributed by atoms with E-state index < -0.39 is 0 Å². The average molecular weight is 409 g/mol. The highest BCUT2D eigenvalue weighted by molar-refractivity contribution is 7.80. The second-order valence-corrected chi connectivity index (χ2v) is 7.01. The standard InChI is InChI=1S/C19H22N4OS.ClH.H2O/c1-22(2)12-18(24)23-16-6-4-3-5-13(16)7-8-14-9-10-15(11-17(14)23)21-19(20)25;;/h3-6,9-11H,7-8,12H2,1-2H3,(H3,20,21,25);1H;1H2. The number of hydrogen-bond acceptors (Lipinski definition) is 2. The van der Waals surface area contributed by atoms with E-state index in [1.54, 1.807) is 0 Å². The van der Waals surface area contributed by atoms with Crippen LogP contribution in [0.25, 0.3) is 0 Å². The smallest absolute Gasteiger partial charge is 0.286 e. The summed E-state index contributed by atoms with van der Waals surface area (Å²) >= 11 is 4.94. The largest absolute Gasteiger partial charge is 1.00 e. The maximum atomic E-state index is 13.1. The molecule has 1 amide bonds. The Morgan fingerprint density at radius 3 is 2.41 bits per heavy atom. The van der Waals surface area contributed by atoms with E-state index in [1.165, 1.54) is 5.56 Å². The van der Waals surface area contributed by atoms with Crippen molar-refractivity contribution in [2.24, 2.45) is 5.73 Å². The number of carbonyl (C=O) groups is 1. The Bertz CT molecular complexity index is 829. The number of halogens is 1. The molecule has 0 aromatic heterocycles. The van der Waals surface area contributed by atoms with Gasteiger partial charge in [0.1, 0.15) is 0 Å². The first-order valence-electron chi connectivity index (χ1n) is 8.35. The normalized spacial score (nSPS) is 12.0. The van der Waals surface area contributed by atoms with Crippen molar-refractivity contribution < 1.29 is 27.6 Å². The minimum absolute atomic E-state index is 0. The van der Waals surface area contributed by atoms with Crippen molar-refractivity contribution in [1.29, 1.82) is 0 Å². The monoisotopic (exact) mass is 408 g/mol. The molecule has 0 aliphatic carbocycles. The van der Waals surface area contributed by atoms with E-state index in [9.17, 15) is 4.79 Å². The molecule has 0 radical (unpaired) electrons. The van der Waals surface area contributed by atoms with Gasteiger partial charge in [0.25, 0.3) is 5.91 Å². The number of likely N-dealkylation sites (N-methyl/N-ethyl adjacent to an activating group) is 1. The molecule has 1 aliphatic rings. The number of rotatable bonds is 3. The highest BCUT2D eigenvalue weighted by atomic mass is 35.5. The Hall–Kier alpha value is -2.19. The number of amides is 1. The van der Waals surface area contributed by atoms with Crippen molar-refractivity contribution >= 4 is 40.3 Å². The van der Waals surface area contributed by atoms with Gasteiger partial charge in [-0.15, -0.1) is 0 Å². The van der Waals surface area contributed by atoms with Crippen LogP contribution >= 0.6 is 12.2 Å². The molecule has 0 saturated heterocycles. The number of carbonyl (C=O) groups excluding carboxylic acids is 1. The Labute approximate surface area is 171 Å². The minimum atomic E-state index is 0. The molecule has 0 saturated carbocycles. The van der Waals surface area contributed by atoms with Crippen LogP contribution in [0.2, 0.25) is 0 Å².